The Morgan fingerprint density at radius 2 is 2.00 bits per heavy atom. The highest BCUT2D eigenvalue weighted by molar-refractivity contribution is 5.63. The van der Waals surface area contributed by atoms with Crippen molar-refractivity contribution in [2.24, 2.45) is 11.7 Å². The molecule has 0 amide bonds. The lowest BCUT2D eigenvalue weighted by atomic mass is 9.61. The maximum absolute atomic E-state index is 13.9. The monoisotopic (exact) mass is 468 g/mol. The van der Waals surface area contributed by atoms with Crippen LogP contribution in [0.3, 0.4) is 0 Å². The summed E-state index contributed by atoms with van der Waals surface area (Å²) in [5.74, 6) is 5.33. The van der Waals surface area contributed by atoms with Gasteiger partial charge in [-0.15, -0.1) is 15.3 Å². The van der Waals surface area contributed by atoms with Crippen LogP contribution in [0.2, 0.25) is 0 Å². The standard InChI is InChI=1S/C22H19F3N8O/c1-11(2)21(16(10-26)19(27)34-20-18(21)12(3)28-31-20)14-7-13(8-15(9-14)22(23,24)25)5-4-6-17-29-32-33-30-17/h7-9,11H,6,27H2,1-3H3,(H,28,31)(H,29,30,32,33). The Morgan fingerprint density at radius 1 is 1.24 bits per heavy atom. The number of benzene rings is 1. The van der Waals surface area contributed by atoms with Gasteiger partial charge < -0.3 is 10.5 Å². The predicted molar refractivity (Wildman–Crippen MR) is 113 cm³/mol. The van der Waals surface area contributed by atoms with Gasteiger partial charge in [-0.3, -0.25) is 5.10 Å². The van der Waals surface area contributed by atoms with Crippen LogP contribution in [0.5, 0.6) is 5.88 Å². The molecule has 34 heavy (non-hydrogen) atoms. The van der Waals surface area contributed by atoms with Gasteiger partial charge in [0.25, 0.3) is 0 Å². The Balaban J connectivity index is 2.00. The number of rotatable bonds is 3. The van der Waals surface area contributed by atoms with Gasteiger partial charge >= 0.3 is 6.18 Å². The van der Waals surface area contributed by atoms with Crippen LogP contribution in [0.4, 0.5) is 13.2 Å². The summed E-state index contributed by atoms with van der Waals surface area (Å²) in [5.41, 5.74) is 5.13. The second-order valence-corrected chi connectivity index (χ2v) is 8.05. The molecule has 1 aliphatic rings. The number of halogens is 3. The quantitative estimate of drug-likeness (QED) is 0.502. The highest BCUT2D eigenvalue weighted by Gasteiger charge is 2.51. The number of allylic oxidation sites excluding steroid dienone is 1. The lowest BCUT2D eigenvalue weighted by molar-refractivity contribution is -0.137. The fraction of sp³-hybridized carbons (Fsp3) is 0.318. The number of nitriles is 1. The Hall–Kier alpha value is -4.32. The van der Waals surface area contributed by atoms with E-state index in [4.69, 9.17) is 10.5 Å². The van der Waals surface area contributed by atoms with E-state index in [2.05, 4.69) is 48.7 Å². The van der Waals surface area contributed by atoms with E-state index in [0.29, 0.717) is 17.1 Å². The Labute approximate surface area is 192 Å². The van der Waals surface area contributed by atoms with Crippen molar-refractivity contribution < 1.29 is 17.9 Å². The summed E-state index contributed by atoms with van der Waals surface area (Å²) in [6.07, 6.45) is -4.56. The number of ether oxygens (including phenoxy) is 1. The fourth-order valence-corrected chi connectivity index (χ4v) is 4.34. The molecule has 2 aromatic heterocycles. The Morgan fingerprint density at radius 3 is 2.62 bits per heavy atom. The minimum Gasteiger partial charge on any atom is -0.420 e. The van der Waals surface area contributed by atoms with E-state index >= 15 is 0 Å². The zero-order chi connectivity index (χ0) is 24.7. The smallest absolute Gasteiger partial charge is 0.416 e. The second-order valence-electron chi connectivity index (χ2n) is 8.05. The first-order valence-electron chi connectivity index (χ1n) is 10.2. The number of fused-ring (bicyclic) bond motifs is 1. The van der Waals surface area contributed by atoms with Crippen LogP contribution < -0.4 is 10.5 Å². The minimum atomic E-state index is -4.65. The second kappa shape index (κ2) is 8.23. The molecule has 9 nitrogen and oxygen atoms in total. The topological polar surface area (TPSA) is 142 Å². The summed E-state index contributed by atoms with van der Waals surface area (Å²) in [4.78, 5) is 0. The Kier molecular flexibility index (Phi) is 5.53. The summed E-state index contributed by atoms with van der Waals surface area (Å²) in [7, 11) is 0. The van der Waals surface area contributed by atoms with Crippen molar-refractivity contribution in [2.45, 2.75) is 38.8 Å². The van der Waals surface area contributed by atoms with Crippen molar-refractivity contribution in [3.8, 4) is 23.8 Å². The predicted octanol–water partition coefficient (Wildman–Crippen LogP) is 2.87. The molecule has 4 N–H and O–H groups in total. The lowest BCUT2D eigenvalue weighted by Gasteiger charge is -2.41. The molecule has 0 fully saturated rings. The first-order valence-corrected chi connectivity index (χ1v) is 10.2. The molecule has 0 spiro atoms. The van der Waals surface area contributed by atoms with Crippen molar-refractivity contribution >= 4 is 0 Å². The molecule has 0 saturated heterocycles. The number of hydrogen-bond donors (Lipinski definition) is 3. The van der Waals surface area contributed by atoms with Crippen molar-refractivity contribution in [1.82, 2.24) is 30.8 Å². The number of nitrogens with one attached hydrogen (secondary N) is 2. The normalized spacial score (nSPS) is 17.6. The molecule has 3 heterocycles. The van der Waals surface area contributed by atoms with E-state index in [-0.39, 0.29) is 34.9 Å². The van der Waals surface area contributed by atoms with E-state index in [9.17, 15) is 18.4 Å². The highest BCUT2D eigenvalue weighted by atomic mass is 19.4. The zero-order valence-corrected chi connectivity index (χ0v) is 18.4. The third-order valence-electron chi connectivity index (χ3n) is 5.72. The van der Waals surface area contributed by atoms with E-state index in [0.717, 1.165) is 12.1 Å². The molecule has 0 saturated carbocycles. The summed E-state index contributed by atoms with van der Waals surface area (Å²) in [6, 6.07) is 5.58. The number of alkyl halides is 3. The van der Waals surface area contributed by atoms with Crippen LogP contribution in [-0.4, -0.2) is 30.8 Å². The molecule has 4 rings (SSSR count). The van der Waals surface area contributed by atoms with Gasteiger partial charge in [-0.1, -0.05) is 30.9 Å². The minimum absolute atomic E-state index is 0.00420. The molecule has 0 bridgehead atoms. The molecule has 1 aliphatic heterocycles. The van der Waals surface area contributed by atoms with Gasteiger partial charge in [0, 0.05) is 11.3 Å². The Bertz CT molecular complexity index is 1370. The first-order chi connectivity index (χ1) is 16.1. The fourth-order valence-electron chi connectivity index (χ4n) is 4.34. The van der Waals surface area contributed by atoms with Crippen LogP contribution in [-0.2, 0) is 18.0 Å². The van der Waals surface area contributed by atoms with E-state index < -0.39 is 23.1 Å². The number of nitrogens with zero attached hydrogens (tertiary/aromatic N) is 5. The molecule has 174 valence electrons. The number of aromatic amines is 2. The molecular weight excluding hydrogens is 449 g/mol. The highest BCUT2D eigenvalue weighted by Crippen LogP contribution is 2.53. The summed E-state index contributed by atoms with van der Waals surface area (Å²) in [6.45, 7) is 5.31. The molecule has 12 heteroatoms. The maximum Gasteiger partial charge on any atom is 0.416 e. The largest absolute Gasteiger partial charge is 0.420 e. The molecular formula is C22H19F3N8O. The van der Waals surface area contributed by atoms with E-state index in [1.807, 2.05) is 0 Å². The van der Waals surface area contributed by atoms with Crippen LogP contribution in [0.25, 0.3) is 0 Å². The van der Waals surface area contributed by atoms with Gasteiger partial charge in [0.15, 0.2) is 5.82 Å². The number of hydrogen-bond acceptors (Lipinski definition) is 7. The number of nitrogens with two attached hydrogens (primary N) is 1. The number of H-pyrrole nitrogens is 2. The number of aryl methyl sites for hydroxylation is 1. The third kappa shape index (κ3) is 3.63. The van der Waals surface area contributed by atoms with E-state index in [1.54, 1.807) is 20.8 Å². The first kappa shape index (κ1) is 22.9. The maximum atomic E-state index is 13.9. The SMILES string of the molecule is Cc1[nH]nc2c1C(c1cc(C#CCc3nn[nH]n3)cc(C(F)(F)F)c1)(C(C)C)C(C#N)=C(N)O2. The van der Waals surface area contributed by atoms with Gasteiger partial charge in [-0.25, -0.2) is 0 Å². The van der Waals surface area contributed by atoms with Crippen LogP contribution in [0.15, 0.2) is 29.7 Å². The molecule has 0 radical (unpaired) electrons. The molecule has 1 aromatic carbocycles. The van der Waals surface area contributed by atoms with Gasteiger partial charge in [-0.05, 0) is 36.6 Å². The van der Waals surface area contributed by atoms with Crippen LogP contribution in [0, 0.1) is 36.0 Å². The van der Waals surface area contributed by atoms with Gasteiger partial charge in [0.2, 0.25) is 11.8 Å². The summed E-state index contributed by atoms with van der Waals surface area (Å²) >= 11 is 0. The van der Waals surface area contributed by atoms with Crippen LogP contribution in [0.1, 0.15) is 47.6 Å². The third-order valence-corrected chi connectivity index (χ3v) is 5.72. The van der Waals surface area contributed by atoms with E-state index in [1.165, 1.54) is 6.07 Å². The van der Waals surface area contributed by atoms with Gasteiger partial charge in [-0.2, -0.15) is 23.6 Å². The van der Waals surface area contributed by atoms with Gasteiger partial charge in [0.05, 0.1) is 23.0 Å². The summed E-state index contributed by atoms with van der Waals surface area (Å²) < 4.78 is 47.3. The van der Waals surface area contributed by atoms with Crippen molar-refractivity contribution in [3.63, 3.8) is 0 Å². The molecule has 0 aliphatic carbocycles. The lowest BCUT2D eigenvalue weighted by Crippen LogP contribution is -2.41. The van der Waals surface area contributed by atoms with Gasteiger partial charge in [0.1, 0.15) is 11.6 Å². The van der Waals surface area contributed by atoms with Crippen molar-refractivity contribution in [1.29, 1.82) is 5.26 Å². The molecule has 1 atom stereocenters. The summed E-state index contributed by atoms with van der Waals surface area (Å²) in [5, 5.41) is 30.2. The van der Waals surface area contributed by atoms with Crippen LogP contribution >= 0.6 is 0 Å². The van der Waals surface area contributed by atoms with Crippen molar-refractivity contribution in [2.75, 3.05) is 0 Å². The van der Waals surface area contributed by atoms with Crippen molar-refractivity contribution in [3.05, 3.63) is 63.4 Å². The zero-order valence-electron chi connectivity index (χ0n) is 18.4. The number of tetrazole rings is 1. The molecule has 1 unspecified atom stereocenters. The molecule has 3 aromatic rings. The number of aromatic nitrogens is 6. The average Bonchev–Trinajstić information content (AvgIpc) is 3.42. The average molecular weight is 468 g/mol.